The van der Waals surface area contributed by atoms with Crippen LogP contribution in [0.15, 0.2) is 36.5 Å². The number of unbranched alkanes of at least 4 members (excludes halogenated alkanes) is 50. The zero-order valence-electron chi connectivity index (χ0n) is 54.1. The molecule has 0 saturated carbocycles. The van der Waals surface area contributed by atoms with E-state index in [4.69, 9.17) is 14.2 Å². The number of hydrogen-bond acceptors (Lipinski definition) is 6. The third-order valence-electron chi connectivity index (χ3n) is 16.3. The van der Waals surface area contributed by atoms with Gasteiger partial charge in [-0.15, -0.1) is 0 Å². The van der Waals surface area contributed by atoms with E-state index in [0.29, 0.717) is 19.3 Å². The molecule has 0 aromatic carbocycles. The number of esters is 3. The molecule has 470 valence electrons. The maximum absolute atomic E-state index is 12.9. The predicted octanol–water partition coefficient (Wildman–Crippen LogP) is 24.7. The number of allylic oxidation sites excluding steroid dienone is 6. The van der Waals surface area contributed by atoms with Crippen LogP contribution in [0.25, 0.3) is 0 Å². The molecule has 6 nitrogen and oxygen atoms in total. The molecule has 0 spiro atoms. The lowest BCUT2D eigenvalue weighted by Crippen LogP contribution is -2.30. The van der Waals surface area contributed by atoms with Gasteiger partial charge in [-0.1, -0.05) is 346 Å². The van der Waals surface area contributed by atoms with E-state index in [0.717, 1.165) is 89.9 Å². The summed E-state index contributed by atoms with van der Waals surface area (Å²) < 4.78 is 16.9. The molecule has 0 radical (unpaired) electrons. The summed E-state index contributed by atoms with van der Waals surface area (Å²) in [5.74, 6) is -0.877. The van der Waals surface area contributed by atoms with Gasteiger partial charge in [-0.2, -0.15) is 0 Å². The van der Waals surface area contributed by atoms with Gasteiger partial charge in [0.15, 0.2) is 6.10 Å². The summed E-state index contributed by atoms with van der Waals surface area (Å²) in [6, 6.07) is 0. The summed E-state index contributed by atoms with van der Waals surface area (Å²) in [5.41, 5.74) is 0. The van der Waals surface area contributed by atoms with Gasteiger partial charge in [0.2, 0.25) is 0 Å². The van der Waals surface area contributed by atoms with Crippen LogP contribution in [-0.2, 0) is 28.6 Å². The maximum atomic E-state index is 12.9. The van der Waals surface area contributed by atoms with E-state index in [1.165, 1.54) is 270 Å². The van der Waals surface area contributed by atoms with Crippen molar-refractivity contribution in [2.24, 2.45) is 0 Å². The number of ether oxygens (including phenoxy) is 3. The van der Waals surface area contributed by atoms with Gasteiger partial charge in [-0.25, -0.2) is 0 Å². The molecule has 0 aromatic rings. The van der Waals surface area contributed by atoms with Crippen LogP contribution in [0, 0.1) is 0 Å². The minimum absolute atomic E-state index is 0.0761. The molecule has 0 heterocycles. The van der Waals surface area contributed by atoms with Crippen LogP contribution in [0.3, 0.4) is 0 Å². The fraction of sp³-hybridized carbons (Fsp3) is 0.878. The molecule has 0 bridgehead atoms. The predicted molar refractivity (Wildman–Crippen MR) is 349 cm³/mol. The summed E-state index contributed by atoms with van der Waals surface area (Å²) in [6.45, 7) is 6.61. The first-order chi connectivity index (χ1) is 39.5. The highest BCUT2D eigenvalue weighted by Crippen LogP contribution is 2.19. The molecule has 0 N–H and O–H groups in total. The number of carbonyl (C=O) groups is 3. The van der Waals surface area contributed by atoms with Crippen LogP contribution in [0.1, 0.15) is 400 Å². The topological polar surface area (TPSA) is 78.9 Å². The zero-order valence-corrected chi connectivity index (χ0v) is 54.1. The Hall–Kier alpha value is -2.37. The molecule has 0 aromatic heterocycles. The molecule has 80 heavy (non-hydrogen) atoms. The molecule has 0 rings (SSSR count). The number of carbonyl (C=O) groups excluding carboxylic acids is 3. The van der Waals surface area contributed by atoms with E-state index in [-0.39, 0.29) is 31.1 Å². The Bertz CT molecular complexity index is 1340. The molecule has 0 fully saturated rings. The lowest BCUT2D eigenvalue weighted by atomic mass is 10.0. The molecule has 0 aliphatic rings. The Morgan fingerprint density at radius 1 is 0.250 bits per heavy atom. The quantitative estimate of drug-likeness (QED) is 0.0261. The van der Waals surface area contributed by atoms with Crippen molar-refractivity contribution in [3.63, 3.8) is 0 Å². The summed E-state index contributed by atoms with van der Waals surface area (Å²) in [6.07, 6.45) is 86.4. The lowest BCUT2D eigenvalue weighted by molar-refractivity contribution is -0.167. The molecular formula is C74H138O6. The van der Waals surface area contributed by atoms with Crippen molar-refractivity contribution < 1.29 is 28.6 Å². The summed E-state index contributed by atoms with van der Waals surface area (Å²) >= 11 is 0. The van der Waals surface area contributed by atoms with E-state index in [9.17, 15) is 14.4 Å². The number of hydrogen-bond donors (Lipinski definition) is 0. The largest absolute Gasteiger partial charge is 0.462 e. The van der Waals surface area contributed by atoms with Crippen molar-refractivity contribution in [1.29, 1.82) is 0 Å². The van der Waals surface area contributed by atoms with E-state index < -0.39 is 6.10 Å². The SMILES string of the molecule is CCC/C=C\C/C=C\CCCCCCCC(=O)OCC(COC(=O)CCCCCCCCCCCCCCCCCCCCCCCCCCCCCCCCCCCCC)OC(=O)CCCCCCC/C=C\CCCCCCC. The van der Waals surface area contributed by atoms with Gasteiger partial charge in [-0.3, -0.25) is 14.4 Å². The van der Waals surface area contributed by atoms with Crippen molar-refractivity contribution >= 4 is 17.9 Å². The molecule has 1 atom stereocenters. The second-order valence-corrected chi connectivity index (χ2v) is 24.5. The molecule has 0 amide bonds. The normalized spacial score (nSPS) is 12.2. The second kappa shape index (κ2) is 69.1. The lowest BCUT2D eigenvalue weighted by Gasteiger charge is -2.18. The Morgan fingerprint density at radius 3 is 0.750 bits per heavy atom. The molecular weight excluding hydrogens is 985 g/mol. The van der Waals surface area contributed by atoms with Crippen LogP contribution < -0.4 is 0 Å². The van der Waals surface area contributed by atoms with E-state index in [1.807, 2.05) is 0 Å². The standard InChI is InChI=1S/C74H138O6/c1-4-7-10-13-16-19-22-25-27-28-29-30-31-32-33-34-35-36-37-38-39-40-41-42-43-44-45-46-47-50-52-55-58-61-64-67-73(76)79-70-71(69-78-72(75)66-63-60-57-54-51-48-24-21-18-15-12-9-6-3)80-74(77)68-65-62-59-56-53-49-26-23-20-17-14-11-8-5-2/h12,15,21,23-24,26,71H,4-11,13-14,16-20,22,25,27-70H2,1-3H3/b15-12-,24-21-,26-23-. The smallest absolute Gasteiger partial charge is 0.306 e. The van der Waals surface area contributed by atoms with E-state index >= 15 is 0 Å². The minimum atomic E-state index is -0.781. The first-order valence-corrected chi connectivity index (χ1v) is 36.0. The highest BCUT2D eigenvalue weighted by atomic mass is 16.6. The van der Waals surface area contributed by atoms with Gasteiger partial charge in [0.1, 0.15) is 13.2 Å². The fourth-order valence-electron chi connectivity index (χ4n) is 11.0. The van der Waals surface area contributed by atoms with Crippen molar-refractivity contribution in [3.05, 3.63) is 36.5 Å². The average molecular weight is 1120 g/mol. The maximum Gasteiger partial charge on any atom is 0.306 e. The van der Waals surface area contributed by atoms with Gasteiger partial charge < -0.3 is 14.2 Å². The zero-order chi connectivity index (χ0) is 57.8. The molecule has 0 aliphatic carbocycles. The number of rotatable bonds is 67. The minimum Gasteiger partial charge on any atom is -0.462 e. The first kappa shape index (κ1) is 77.6. The Kier molecular flexibility index (Phi) is 67.1. The Balaban J connectivity index is 4.02. The third kappa shape index (κ3) is 66.4. The second-order valence-electron chi connectivity index (χ2n) is 24.5. The van der Waals surface area contributed by atoms with E-state index in [2.05, 4.69) is 57.2 Å². The van der Waals surface area contributed by atoms with Crippen LogP contribution in [-0.4, -0.2) is 37.2 Å². The highest BCUT2D eigenvalue weighted by molar-refractivity contribution is 5.71. The Morgan fingerprint density at radius 2 is 0.475 bits per heavy atom. The molecule has 1 unspecified atom stereocenters. The van der Waals surface area contributed by atoms with Crippen molar-refractivity contribution in [2.45, 2.75) is 406 Å². The van der Waals surface area contributed by atoms with Crippen LogP contribution in [0.2, 0.25) is 0 Å². The molecule has 0 aliphatic heterocycles. The van der Waals surface area contributed by atoms with Crippen LogP contribution in [0.5, 0.6) is 0 Å². The summed E-state index contributed by atoms with van der Waals surface area (Å²) in [7, 11) is 0. The Labute approximate surface area is 499 Å². The van der Waals surface area contributed by atoms with Gasteiger partial charge >= 0.3 is 17.9 Å². The van der Waals surface area contributed by atoms with Gasteiger partial charge in [-0.05, 0) is 70.6 Å². The average Bonchev–Trinajstić information content (AvgIpc) is 3.46. The summed E-state index contributed by atoms with van der Waals surface area (Å²) in [4.78, 5) is 38.3. The van der Waals surface area contributed by atoms with Crippen molar-refractivity contribution in [2.75, 3.05) is 13.2 Å². The van der Waals surface area contributed by atoms with Gasteiger partial charge in [0, 0.05) is 19.3 Å². The molecule has 0 saturated heterocycles. The van der Waals surface area contributed by atoms with Gasteiger partial charge in [0.25, 0.3) is 0 Å². The summed E-state index contributed by atoms with van der Waals surface area (Å²) in [5, 5.41) is 0. The van der Waals surface area contributed by atoms with Crippen LogP contribution in [0.4, 0.5) is 0 Å². The monoisotopic (exact) mass is 1120 g/mol. The van der Waals surface area contributed by atoms with E-state index in [1.54, 1.807) is 0 Å². The fourth-order valence-corrected chi connectivity index (χ4v) is 11.0. The molecule has 6 heteroatoms. The highest BCUT2D eigenvalue weighted by Gasteiger charge is 2.19. The van der Waals surface area contributed by atoms with Gasteiger partial charge in [0.05, 0.1) is 0 Å². The first-order valence-electron chi connectivity index (χ1n) is 36.0. The van der Waals surface area contributed by atoms with Crippen LogP contribution >= 0.6 is 0 Å². The van der Waals surface area contributed by atoms with Crippen molar-refractivity contribution in [1.82, 2.24) is 0 Å². The third-order valence-corrected chi connectivity index (χ3v) is 16.3. The van der Waals surface area contributed by atoms with Crippen molar-refractivity contribution in [3.8, 4) is 0 Å².